The van der Waals surface area contributed by atoms with Crippen LogP contribution in [0.5, 0.6) is 5.75 Å². The van der Waals surface area contributed by atoms with Crippen molar-refractivity contribution < 1.29 is 50.2 Å². The van der Waals surface area contributed by atoms with Crippen LogP contribution in [-0.2, 0) is 25.4 Å². The van der Waals surface area contributed by atoms with Crippen LogP contribution in [0, 0.1) is 22.0 Å². The summed E-state index contributed by atoms with van der Waals surface area (Å²) in [6.45, 7) is 4.95. The second-order valence-electron chi connectivity index (χ2n) is 13.1. The number of alkyl halides is 6. The molecule has 0 amide bonds. The largest absolute Gasteiger partial charge is 0.496 e. The van der Waals surface area contributed by atoms with Gasteiger partial charge in [0, 0.05) is 54.2 Å². The van der Waals surface area contributed by atoms with E-state index in [2.05, 4.69) is 6.58 Å². The highest BCUT2D eigenvalue weighted by atomic mass is 19.4. The number of quaternary nitrogens is 1. The zero-order valence-corrected chi connectivity index (χ0v) is 26.5. The van der Waals surface area contributed by atoms with Gasteiger partial charge in [-0.25, -0.2) is 0 Å². The standard InChI is InChI=1S/C36H35F6N3O4/c1-3-23-21-45(20-22-14-26(35(37,38)39)18-27(15-22)36(40,41)42)13-11-24(23)17-32(45)34(46)30-10-12-43(31-7-5-4-6-29(30)31)19-25-16-28(44(47)48)8-9-33(25)49-2/h3-10,12,14-16,18,23-24,32,34,46H,1,11,13,17,19-21H2,2H3/q+2/t23?,24?,32?,34-,45?/m1/s1. The fraction of sp³-hybridized carbons (Fsp3) is 0.361. The maximum Gasteiger partial charge on any atom is 0.416 e. The van der Waals surface area contributed by atoms with Crippen LogP contribution in [0.4, 0.5) is 32.0 Å². The van der Waals surface area contributed by atoms with Crippen molar-refractivity contribution in [1.82, 2.24) is 0 Å². The monoisotopic (exact) mass is 687 g/mol. The lowest BCUT2D eigenvalue weighted by molar-refractivity contribution is -0.985. The summed E-state index contributed by atoms with van der Waals surface area (Å²) in [5.41, 5.74) is -1.06. The summed E-state index contributed by atoms with van der Waals surface area (Å²) in [5.74, 6) is 0.610. The second-order valence-corrected chi connectivity index (χ2v) is 13.1. The smallest absolute Gasteiger partial charge is 0.416 e. The summed E-state index contributed by atoms with van der Waals surface area (Å²) >= 11 is 0. The first-order chi connectivity index (χ1) is 23.1. The number of rotatable bonds is 9. The van der Waals surface area contributed by atoms with Crippen molar-refractivity contribution in [1.29, 1.82) is 0 Å². The van der Waals surface area contributed by atoms with Crippen molar-refractivity contribution in [2.75, 3.05) is 20.2 Å². The Bertz CT molecular complexity index is 1880. The maximum absolute atomic E-state index is 13.8. The predicted octanol–water partition coefficient (Wildman–Crippen LogP) is 7.77. The van der Waals surface area contributed by atoms with Gasteiger partial charge in [0.1, 0.15) is 24.4 Å². The number of methoxy groups -OCH3 is 1. The molecule has 7 nitrogen and oxygen atoms in total. The molecule has 0 radical (unpaired) electrons. The quantitative estimate of drug-likeness (QED) is 0.0487. The Balaban J connectivity index is 1.41. The third-order valence-electron chi connectivity index (χ3n) is 10.3. The van der Waals surface area contributed by atoms with Gasteiger partial charge in [0.15, 0.2) is 12.7 Å². The molecule has 2 bridgehead atoms. The molecule has 49 heavy (non-hydrogen) atoms. The second kappa shape index (κ2) is 12.8. The zero-order valence-electron chi connectivity index (χ0n) is 26.5. The molecular weight excluding hydrogens is 652 g/mol. The van der Waals surface area contributed by atoms with Gasteiger partial charge in [0.2, 0.25) is 5.52 Å². The van der Waals surface area contributed by atoms with Crippen molar-refractivity contribution in [2.24, 2.45) is 11.8 Å². The van der Waals surface area contributed by atoms with E-state index in [-0.39, 0.29) is 46.7 Å². The molecule has 0 spiro atoms. The van der Waals surface area contributed by atoms with Crippen molar-refractivity contribution in [3.05, 3.63) is 124 Å². The van der Waals surface area contributed by atoms with E-state index in [0.29, 0.717) is 53.7 Å². The van der Waals surface area contributed by atoms with E-state index in [4.69, 9.17) is 4.74 Å². The molecule has 258 valence electrons. The molecule has 0 saturated carbocycles. The van der Waals surface area contributed by atoms with Gasteiger partial charge in [-0.3, -0.25) is 10.1 Å². The normalized spacial score (nSPS) is 23.0. The minimum absolute atomic E-state index is 0.00956. The lowest BCUT2D eigenvalue weighted by Gasteiger charge is -2.58. The molecule has 3 saturated heterocycles. The number of aromatic nitrogens is 1. The highest BCUT2D eigenvalue weighted by Crippen LogP contribution is 2.48. The number of para-hydroxylation sites is 1. The highest BCUT2D eigenvalue weighted by Gasteiger charge is 2.54. The van der Waals surface area contributed by atoms with Crippen LogP contribution in [0.2, 0.25) is 0 Å². The number of benzene rings is 3. The molecule has 1 N–H and O–H groups in total. The average molecular weight is 688 g/mol. The van der Waals surface area contributed by atoms with Gasteiger partial charge in [0.05, 0.1) is 47.2 Å². The number of aliphatic hydroxyl groups is 1. The van der Waals surface area contributed by atoms with E-state index in [0.717, 1.165) is 12.1 Å². The molecule has 3 aromatic carbocycles. The molecule has 3 fully saturated rings. The number of non-ortho nitro benzene ring substituents is 1. The topological polar surface area (TPSA) is 76.5 Å². The Morgan fingerprint density at radius 2 is 1.76 bits per heavy atom. The van der Waals surface area contributed by atoms with Crippen LogP contribution in [0.3, 0.4) is 0 Å². The number of nitro benzene ring substituents is 1. The van der Waals surface area contributed by atoms with Gasteiger partial charge in [0.25, 0.3) is 5.69 Å². The van der Waals surface area contributed by atoms with Gasteiger partial charge in [-0.1, -0.05) is 18.2 Å². The average Bonchev–Trinajstić information content (AvgIpc) is 3.07. The molecule has 7 rings (SSSR count). The first-order valence-electron chi connectivity index (χ1n) is 15.8. The van der Waals surface area contributed by atoms with Crippen molar-refractivity contribution in [3.63, 3.8) is 0 Å². The number of halogens is 6. The van der Waals surface area contributed by atoms with E-state index < -0.39 is 40.5 Å². The Morgan fingerprint density at radius 1 is 1.06 bits per heavy atom. The Morgan fingerprint density at radius 3 is 2.39 bits per heavy atom. The summed E-state index contributed by atoms with van der Waals surface area (Å²) in [4.78, 5) is 11.0. The maximum atomic E-state index is 13.8. The van der Waals surface area contributed by atoms with Gasteiger partial charge in [-0.05, 0) is 36.2 Å². The molecule has 1 aromatic heterocycles. The van der Waals surface area contributed by atoms with Crippen LogP contribution in [-0.4, -0.2) is 40.8 Å². The summed E-state index contributed by atoms with van der Waals surface area (Å²) < 4.78 is 90.2. The van der Waals surface area contributed by atoms with E-state index in [1.54, 1.807) is 18.3 Å². The Kier molecular flexibility index (Phi) is 8.95. The van der Waals surface area contributed by atoms with Crippen LogP contribution < -0.4 is 9.30 Å². The van der Waals surface area contributed by atoms with Crippen molar-refractivity contribution in [3.8, 4) is 5.75 Å². The van der Waals surface area contributed by atoms with E-state index in [1.165, 1.54) is 25.3 Å². The zero-order chi connectivity index (χ0) is 35.3. The van der Waals surface area contributed by atoms with Crippen LogP contribution in [0.15, 0.2) is 85.6 Å². The SMILES string of the molecule is C=CC1C[N+]2(Cc3cc(C(F)(F)F)cc(C(F)(F)F)c3)CCC1CC2[C@H](O)c1cc[n+](Cc2cc([N+](=O)[O-])ccc2OC)c2ccccc12. The first kappa shape index (κ1) is 34.4. The number of hydrogen-bond acceptors (Lipinski definition) is 4. The Hall–Kier alpha value is -4.49. The molecule has 4 aromatic rings. The molecule has 0 aliphatic carbocycles. The Labute approximate surface area is 278 Å². The minimum Gasteiger partial charge on any atom is -0.496 e. The fourth-order valence-electron chi connectivity index (χ4n) is 7.95. The molecule has 3 aliphatic rings. The number of pyridine rings is 1. The third kappa shape index (κ3) is 6.61. The van der Waals surface area contributed by atoms with E-state index >= 15 is 0 Å². The van der Waals surface area contributed by atoms with Crippen molar-refractivity contribution in [2.45, 2.75) is 50.4 Å². The van der Waals surface area contributed by atoms with E-state index in [1.807, 2.05) is 28.8 Å². The lowest BCUT2D eigenvalue weighted by Crippen LogP contribution is -2.67. The predicted molar refractivity (Wildman–Crippen MR) is 168 cm³/mol. The van der Waals surface area contributed by atoms with Gasteiger partial charge in [-0.15, -0.1) is 6.58 Å². The van der Waals surface area contributed by atoms with Crippen molar-refractivity contribution >= 4 is 16.6 Å². The molecule has 4 unspecified atom stereocenters. The number of hydrogen-bond donors (Lipinski definition) is 1. The number of nitrogens with zero attached hydrogens (tertiary/aromatic N) is 3. The number of ether oxygens (including phenoxy) is 1. The van der Waals surface area contributed by atoms with E-state index in [9.17, 15) is 41.6 Å². The molecule has 4 heterocycles. The number of piperidine rings is 3. The van der Waals surface area contributed by atoms with Crippen LogP contribution in [0.25, 0.3) is 10.9 Å². The number of nitro groups is 1. The van der Waals surface area contributed by atoms with Gasteiger partial charge >= 0.3 is 12.4 Å². The first-order valence-corrected chi connectivity index (χ1v) is 15.8. The summed E-state index contributed by atoms with van der Waals surface area (Å²) in [7, 11) is 1.47. The lowest BCUT2D eigenvalue weighted by atomic mass is 9.71. The number of aliphatic hydroxyl groups excluding tert-OH is 1. The minimum atomic E-state index is -4.97. The fourth-order valence-corrected chi connectivity index (χ4v) is 7.95. The van der Waals surface area contributed by atoms with Crippen LogP contribution >= 0.6 is 0 Å². The van der Waals surface area contributed by atoms with Gasteiger partial charge < -0.3 is 14.3 Å². The highest BCUT2D eigenvalue weighted by molar-refractivity contribution is 5.79. The number of fused-ring (bicyclic) bond motifs is 4. The molecule has 3 aliphatic heterocycles. The van der Waals surface area contributed by atoms with Gasteiger partial charge in [-0.2, -0.15) is 30.9 Å². The summed E-state index contributed by atoms with van der Waals surface area (Å²) in [6, 6.07) is 14.6. The van der Waals surface area contributed by atoms with Crippen LogP contribution in [0.1, 0.15) is 46.8 Å². The molecule has 13 heteroatoms. The molecule has 5 atom stereocenters. The summed E-state index contributed by atoms with van der Waals surface area (Å²) in [6.07, 6.45) is -6.28. The third-order valence-corrected chi connectivity index (χ3v) is 10.3. The molecular formula is C36H35F6N3O4+2. The summed E-state index contributed by atoms with van der Waals surface area (Å²) in [5, 5.41) is 24.4.